The number of nitrogens with zero attached hydrogens (tertiary/aromatic N) is 1. The maximum absolute atomic E-state index is 8.89. The lowest BCUT2D eigenvalue weighted by molar-refractivity contribution is 0.0973. The van der Waals surface area contributed by atoms with Crippen LogP contribution in [0, 0.1) is 0 Å². The summed E-state index contributed by atoms with van der Waals surface area (Å²) < 4.78 is 8.50. The number of thioether (sulfide) groups is 1. The molecule has 0 fully saturated rings. The Morgan fingerprint density at radius 2 is 2.41 bits per heavy atom. The molecule has 1 N–H and O–H groups in total. The van der Waals surface area contributed by atoms with E-state index in [0.29, 0.717) is 11.2 Å². The van der Waals surface area contributed by atoms with Crippen molar-refractivity contribution in [2.24, 2.45) is 7.05 Å². The molecule has 1 aliphatic heterocycles. The van der Waals surface area contributed by atoms with Crippen LogP contribution in [0.15, 0.2) is 22.3 Å². The molecule has 1 aromatic rings. The number of rotatable bonds is 4. The van der Waals surface area contributed by atoms with Crippen molar-refractivity contribution >= 4 is 27.7 Å². The van der Waals surface area contributed by atoms with Gasteiger partial charge in [0.05, 0.1) is 0 Å². The molecule has 0 saturated heterocycles. The van der Waals surface area contributed by atoms with E-state index in [4.69, 9.17) is 9.84 Å². The van der Waals surface area contributed by atoms with E-state index in [9.17, 15) is 0 Å². The number of aryl methyl sites for hydroxylation is 1. The first-order valence-corrected chi connectivity index (χ1v) is 7.25. The van der Waals surface area contributed by atoms with Crippen LogP contribution in [0.5, 0.6) is 5.75 Å². The van der Waals surface area contributed by atoms with Gasteiger partial charge in [0.1, 0.15) is 5.75 Å². The number of aliphatic hydroxyl groups excluding tert-OH is 1. The highest BCUT2D eigenvalue weighted by molar-refractivity contribution is 9.11. The molecule has 5 heteroatoms. The molecule has 0 aliphatic carbocycles. The summed E-state index contributed by atoms with van der Waals surface area (Å²) in [6.45, 7) is 1.93. The summed E-state index contributed by atoms with van der Waals surface area (Å²) in [6.07, 6.45) is 5.03. The zero-order valence-corrected chi connectivity index (χ0v) is 12.3. The van der Waals surface area contributed by atoms with Crippen molar-refractivity contribution in [2.45, 2.75) is 24.5 Å². The molecule has 2 atom stereocenters. The topological polar surface area (TPSA) is 34.4 Å². The maximum Gasteiger partial charge on any atom is 0.186 e. The summed E-state index contributed by atoms with van der Waals surface area (Å²) >= 11 is 5.39. The Balaban J connectivity index is 2.15. The Hall–Kier alpha value is -0.390. The summed E-state index contributed by atoms with van der Waals surface area (Å²) in [5.41, 5.74) is 1.16. The first-order chi connectivity index (χ1) is 8.11. The van der Waals surface area contributed by atoms with E-state index in [-0.39, 0.29) is 6.79 Å². The van der Waals surface area contributed by atoms with Gasteiger partial charge >= 0.3 is 0 Å². The zero-order valence-electron chi connectivity index (χ0n) is 9.89. The molecule has 0 saturated carbocycles. The van der Waals surface area contributed by atoms with E-state index in [1.807, 2.05) is 29.6 Å². The number of aromatic nitrogens is 1. The smallest absolute Gasteiger partial charge is 0.186 e. The van der Waals surface area contributed by atoms with Gasteiger partial charge < -0.3 is 14.4 Å². The fourth-order valence-electron chi connectivity index (χ4n) is 2.06. The highest BCUT2D eigenvalue weighted by Crippen LogP contribution is 2.43. The van der Waals surface area contributed by atoms with Crippen LogP contribution in [0.4, 0.5) is 0 Å². The Morgan fingerprint density at radius 3 is 3.00 bits per heavy atom. The van der Waals surface area contributed by atoms with Crippen molar-refractivity contribution in [3.63, 3.8) is 0 Å². The Bertz CT molecular complexity index is 430. The van der Waals surface area contributed by atoms with Crippen molar-refractivity contribution in [3.05, 3.63) is 27.8 Å². The van der Waals surface area contributed by atoms with Gasteiger partial charge in [0, 0.05) is 34.7 Å². The molecule has 0 spiro atoms. The first-order valence-electron chi connectivity index (χ1n) is 5.51. The molecule has 0 amide bonds. The molecule has 94 valence electrons. The van der Waals surface area contributed by atoms with E-state index in [2.05, 4.69) is 34.5 Å². The minimum atomic E-state index is -0.274. The van der Waals surface area contributed by atoms with E-state index in [1.54, 1.807) is 0 Å². The van der Waals surface area contributed by atoms with Crippen LogP contribution in [0.3, 0.4) is 0 Å². The van der Waals surface area contributed by atoms with Crippen molar-refractivity contribution in [3.8, 4) is 5.75 Å². The minimum absolute atomic E-state index is 0.274. The molecule has 0 aromatic carbocycles. The van der Waals surface area contributed by atoms with Gasteiger partial charge in [-0.05, 0) is 17.7 Å². The van der Waals surface area contributed by atoms with Gasteiger partial charge in [-0.2, -0.15) is 0 Å². The lowest BCUT2D eigenvalue weighted by Crippen LogP contribution is -2.10. The lowest BCUT2D eigenvalue weighted by atomic mass is 9.98. The standard InChI is InChI=1S/C12H16BrNO2S/c1-8(12-3-9(13)6-17-12)10-4-14(2)5-11(10)16-7-15/h4-6,8,12,15H,3,7H2,1-2H3. The van der Waals surface area contributed by atoms with Gasteiger partial charge in [-0.1, -0.05) is 22.9 Å². The average Bonchev–Trinajstić information content (AvgIpc) is 2.85. The zero-order chi connectivity index (χ0) is 12.4. The SMILES string of the molecule is CC(c1cn(C)cc1OCO)C1CC(Br)=CS1. The van der Waals surface area contributed by atoms with Crippen LogP contribution < -0.4 is 4.74 Å². The summed E-state index contributed by atoms with van der Waals surface area (Å²) in [7, 11) is 1.97. The summed E-state index contributed by atoms with van der Waals surface area (Å²) in [6, 6.07) is 0. The number of hydrogen-bond donors (Lipinski definition) is 1. The Kier molecular flexibility index (Phi) is 4.22. The van der Waals surface area contributed by atoms with Crippen molar-refractivity contribution in [1.82, 2.24) is 4.57 Å². The second kappa shape index (κ2) is 5.50. The monoisotopic (exact) mass is 317 g/mol. The third kappa shape index (κ3) is 2.89. The molecular weight excluding hydrogens is 302 g/mol. The minimum Gasteiger partial charge on any atom is -0.466 e. The number of halogens is 1. The Labute approximate surface area is 114 Å². The van der Waals surface area contributed by atoms with E-state index < -0.39 is 0 Å². The molecule has 2 unspecified atom stereocenters. The van der Waals surface area contributed by atoms with Crippen LogP contribution >= 0.6 is 27.7 Å². The van der Waals surface area contributed by atoms with Crippen LogP contribution in [-0.4, -0.2) is 21.7 Å². The quantitative estimate of drug-likeness (QED) is 0.866. The van der Waals surface area contributed by atoms with Crippen molar-refractivity contribution < 1.29 is 9.84 Å². The summed E-state index contributed by atoms with van der Waals surface area (Å²) in [5.74, 6) is 1.18. The molecule has 0 radical (unpaired) electrons. The van der Waals surface area contributed by atoms with E-state index in [0.717, 1.165) is 17.7 Å². The normalized spacial score (nSPS) is 21.4. The fraction of sp³-hybridized carbons (Fsp3) is 0.500. The highest BCUT2D eigenvalue weighted by atomic mass is 79.9. The summed E-state index contributed by atoms with van der Waals surface area (Å²) in [5, 5.41) is 11.6. The van der Waals surface area contributed by atoms with E-state index >= 15 is 0 Å². The largest absolute Gasteiger partial charge is 0.466 e. The van der Waals surface area contributed by atoms with Crippen LogP contribution in [0.2, 0.25) is 0 Å². The van der Waals surface area contributed by atoms with Crippen LogP contribution in [0.25, 0.3) is 0 Å². The summed E-state index contributed by atoms with van der Waals surface area (Å²) in [4.78, 5) is 0. The third-order valence-electron chi connectivity index (χ3n) is 2.98. The van der Waals surface area contributed by atoms with E-state index in [1.165, 1.54) is 4.48 Å². The number of aliphatic hydroxyl groups is 1. The third-order valence-corrected chi connectivity index (χ3v) is 5.18. The van der Waals surface area contributed by atoms with Gasteiger partial charge in [-0.3, -0.25) is 0 Å². The molecule has 3 nitrogen and oxygen atoms in total. The van der Waals surface area contributed by atoms with Gasteiger partial charge in [0.25, 0.3) is 0 Å². The molecule has 0 bridgehead atoms. The van der Waals surface area contributed by atoms with Crippen LogP contribution in [-0.2, 0) is 7.05 Å². The molecule has 2 rings (SSSR count). The Morgan fingerprint density at radius 1 is 1.65 bits per heavy atom. The number of ether oxygens (including phenoxy) is 1. The van der Waals surface area contributed by atoms with Gasteiger partial charge in [0.15, 0.2) is 6.79 Å². The number of allylic oxidation sites excluding steroid dienone is 1. The molecule has 1 aliphatic rings. The predicted octanol–water partition coefficient (Wildman–Crippen LogP) is 3.20. The fourth-order valence-corrected chi connectivity index (χ4v) is 4.02. The second-order valence-electron chi connectivity index (χ2n) is 4.25. The van der Waals surface area contributed by atoms with Crippen molar-refractivity contribution in [2.75, 3.05) is 6.79 Å². The van der Waals surface area contributed by atoms with Gasteiger partial charge in [-0.15, -0.1) is 11.8 Å². The number of hydrogen-bond acceptors (Lipinski definition) is 3. The van der Waals surface area contributed by atoms with Gasteiger partial charge in [-0.25, -0.2) is 0 Å². The lowest BCUT2D eigenvalue weighted by Gasteiger charge is -2.18. The second-order valence-corrected chi connectivity index (χ2v) is 6.38. The molecule has 17 heavy (non-hydrogen) atoms. The molecule has 1 aromatic heterocycles. The first kappa shape index (κ1) is 13.1. The predicted molar refractivity (Wildman–Crippen MR) is 74.5 cm³/mol. The maximum atomic E-state index is 8.89. The average molecular weight is 318 g/mol. The highest BCUT2D eigenvalue weighted by Gasteiger charge is 2.26. The molecule has 2 heterocycles. The molecular formula is C12H16BrNO2S. The van der Waals surface area contributed by atoms with Crippen LogP contribution in [0.1, 0.15) is 24.8 Å². The van der Waals surface area contributed by atoms with Gasteiger partial charge in [0.2, 0.25) is 0 Å². The van der Waals surface area contributed by atoms with Crippen molar-refractivity contribution in [1.29, 1.82) is 0 Å².